The molecular weight excluding hydrogens is 613 g/mol. The van der Waals surface area contributed by atoms with Crippen molar-refractivity contribution in [2.45, 2.75) is 54.4 Å². The van der Waals surface area contributed by atoms with Crippen LogP contribution in [0.1, 0.15) is 55.0 Å². The summed E-state index contributed by atoms with van der Waals surface area (Å²) in [6, 6.07) is 20.3. The molecule has 10 heteroatoms. The molecule has 4 heterocycles. The highest BCUT2D eigenvalue weighted by Gasteiger charge is 2.16. The van der Waals surface area contributed by atoms with Crippen molar-refractivity contribution in [1.82, 2.24) is 19.9 Å². The van der Waals surface area contributed by atoms with Gasteiger partial charge in [-0.15, -0.1) is 22.7 Å². The van der Waals surface area contributed by atoms with Crippen molar-refractivity contribution in [3.05, 3.63) is 137 Å². The SMILES string of the molecule is Cc1ccc(-c2csc(Cc3nc(C)c(N)cc3C)n2)cc1.Cc1ccc(-c2csc(Cc3nc(C)c([N+](=O)[O-])cc3C)n2)cc1. The highest BCUT2D eigenvalue weighted by atomic mass is 32.1. The summed E-state index contributed by atoms with van der Waals surface area (Å²) in [6.45, 7) is 11.7. The van der Waals surface area contributed by atoms with Crippen LogP contribution in [0.25, 0.3) is 22.5 Å². The maximum atomic E-state index is 11.0. The first-order valence-electron chi connectivity index (χ1n) is 14.8. The number of benzene rings is 2. The molecule has 0 aliphatic carbocycles. The van der Waals surface area contributed by atoms with Gasteiger partial charge in [0.15, 0.2) is 0 Å². The molecule has 0 saturated heterocycles. The number of nitrogen functional groups attached to an aromatic ring is 1. The van der Waals surface area contributed by atoms with E-state index in [1.807, 2.05) is 32.2 Å². The molecule has 0 amide bonds. The molecule has 0 saturated carbocycles. The van der Waals surface area contributed by atoms with Gasteiger partial charge in [0, 0.05) is 40.8 Å². The van der Waals surface area contributed by atoms with Crippen LogP contribution >= 0.6 is 22.7 Å². The van der Waals surface area contributed by atoms with Crippen molar-refractivity contribution in [3.8, 4) is 22.5 Å². The van der Waals surface area contributed by atoms with Gasteiger partial charge in [0.05, 0.1) is 49.1 Å². The first kappa shape index (κ1) is 32.6. The fourth-order valence-corrected chi connectivity index (χ4v) is 6.46. The van der Waals surface area contributed by atoms with Crippen molar-refractivity contribution >= 4 is 34.0 Å². The van der Waals surface area contributed by atoms with E-state index in [0.717, 1.165) is 72.8 Å². The molecule has 8 nitrogen and oxygen atoms in total. The Morgan fingerprint density at radius 2 is 1.09 bits per heavy atom. The van der Waals surface area contributed by atoms with E-state index >= 15 is 0 Å². The van der Waals surface area contributed by atoms with Gasteiger partial charge in [-0.3, -0.25) is 20.1 Å². The van der Waals surface area contributed by atoms with Crippen LogP contribution in [-0.2, 0) is 12.8 Å². The van der Waals surface area contributed by atoms with Gasteiger partial charge in [0.25, 0.3) is 5.69 Å². The largest absolute Gasteiger partial charge is 0.397 e. The number of nitro groups is 1. The number of nitrogens with zero attached hydrogens (tertiary/aromatic N) is 5. The van der Waals surface area contributed by atoms with E-state index in [1.165, 1.54) is 11.1 Å². The molecule has 0 radical (unpaired) electrons. The summed E-state index contributed by atoms with van der Waals surface area (Å²) >= 11 is 3.26. The number of aromatic nitrogens is 4. The van der Waals surface area contributed by atoms with Gasteiger partial charge in [0.1, 0.15) is 5.69 Å². The Morgan fingerprint density at radius 1 is 0.652 bits per heavy atom. The maximum absolute atomic E-state index is 11.0. The van der Waals surface area contributed by atoms with Crippen LogP contribution in [0.4, 0.5) is 11.4 Å². The predicted octanol–water partition coefficient (Wildman–Crippen LogP) is 8.93. The van der Waals surface area contributed by atoms with E-state index < -0.39 is 4.92 Å². The van der Waals surface area contributed by atoms with Crippen molar-refractivity contribution in [2.24, 2.45) is 0 Å². The zero-order valence-electron chi connectivity index (χ0n) is 26.8. The van der Waals surface area contributed by atoms with E-state index in [4.69, 9.17) is 10.7 Å². The molecule has 46 heavy (non-hydrogen) atoms. The molecule has 0 fully saturated rings. The number of pyridine rings is 2. The highest BCUT2D eigenvalue weighted by Crippen LogP contribution is 2.27. The minimum Gasteiger partial charge on any atom is -0.397 e. The lowest BCUT2D eigenvalue weighted by Gasteiger charge is -2.07. The van der Waals surface area contributed by atoms with Crippen molar-refractivity contribution < 1.29 is 4.92 Å². The van der Waals surface area contributed by atoms with Gasteiger partial charge in [-0.25, -0.2) is 9.97 Å². The summed E-state index contributed by atoms with van der Waals surface area (Å²) < 4.78 is 0. The van der Waals surface area contributed by atoms with Crippen molar-refractivity contribution in [3.63, 3.8) is 0 Å². The van der Waals surface area contributed by atoms with Crippen molar-refractivity contribution in [2.75, 3.05) is 5.73 Å². The molecule has 6 rings (SSSR count). The van der Waals surface area contributed by atoms with Gasteiger partial charge >= 0.3 is 0 Å². The van der Waals surface area contributed by atoms with E-state index in [-0.39, 0.29) is 5.69 Å². The Labute approximate surface area is 277 Å². The molecule has 0 unspecified atom stereocenters. The summed E-state index contributed by atoms with van der Waals surface area (Å²) in [6.07, 6.45) is 1.34. The number of thiazole rings is 2. The van der Waals surface area contributed by atoms with Crippen LogP contribution in [0.5, 0.6) is 0 Å². The number of hydrogen-bond acceptors (Lipinski definition) is 9. The Hall–Kier alpha value is -4.80. The number of anilines is 1. The second-order valence-corrected chi connectivity index (χ2v) is 13.3. The number of rotatable bonds is 7. The zero-order chi connectivity index (χ0) is 33.0. The summed E-state index contributed by atoms with van der Waals surface area (Å²) in [7, 11) is 0. The lowest BCUT2D eigenvalue weighted by atomic mass is 10.1. The standard InChI is InChI=1S/C18H17N3O2S.C18H19N3S/c1-11-4-6-14(7-5-11)16-10-24-18(20-16)9-15-12(2)8-17(21(22)23)13(3)19-15;1-11-4-6-14(7-5-11)17-10-22-18(21-17)9-16-12(2)8-15(19)13(3)20-16/h4-8,10H,9H2,1-3H3;4-8,10H,9,19H2,1-3H3. The zero-order valence-corrected chi connectivity index (χ0v) is 28.4. The highest BCUT2D eigenvalue weighted by molar-refractivity contribution is 7.10. The number of hydrogen-bond donors (Lipinski definition) is 1. The van der Waals surface area contributed by atoms with Gasteiger partial charge in [-0.05, 0) is 58.7 Å². The first-order valence-corrected chi connectivity index (χ1v) is 16.6. The molecule has 0 aliphatic rings. The average molecular weight is 649 g/mol. The molecule has 0 spiro atoms. The van der Waals surface area contributed by atoms with Crippen LogP contribution < -0.4 is 5.73 Å². The Kier molecular flexibility index (Phi) is 9.99. The van der Waals surface area contributed by atoms with Gasteiger partial charge < -0.3 is 5.73 Å². The first-order chi connectivity index (χ1) is 22.0. The van der Waals surface area contributed by atoms with Gasteiger partial charge in [0.2, 0.25) is 0 Å². The molecule has 0 aliphatic heterocycles. The van der Waals surface area contributed by atoms with E-state index in [9.17, 15) is 10.1 Å². The third kappa shape index (κ3) is 7.88. The fraction of sp³-hybridized carbons (Fsp3) is 0.222. The molecule has 0 atom stereocenters. The minimum atomic E-state index is -0.391. The summed E-state index contributed by atoms with van der Waals surface area (Å²) in [5.41, 5.74) is 18.6. The summed E-state index contributed by atoms with van der Waals surface area (Å²) in [4.78, 5) is 29.0. The van der Waals surface area contributed by atoms with E-state index in [2.05, 4.69) is 82.7 Å². The van der Waals surface area contributed by atoms with Gasteiger partial charge in [-0.2, -0.15) is 0 Å². The molecular formula is C36H36N6O2S2. The Bertz CT molecular complexity index is 2000. The molecule has 2 aromatic carbocycles. The van der Waals surface area contributed by atoms with Crippen molar-refractivity contribution in [1.29, 1.82) is 0 Å². The summed E-state index contributed by atoms with van der Waals surface area (Å²) in [5, 5.41) is 17.2. The minimum absolute atomic E-state index is 0.0655. The van der Waals surface area contributed by atoms with Gasteiger partial charge in [-0.1, -0.05) is 59.7 Å². The van der Waals surface area contributed by atoms with Crippen LogP contribution in [0.3, 0.4) is 0 Å². The lowest BCUT2D eigenvalue weighted by Crippen LogP contribution is -2.02. The second kappa shape index (κ2) is 14.1. The summed E-state index contributed by atoms with van der Waals surface area (Å²) in [5.74, 6) is 0. The van der Waals surface area contributed by atoms with E-state index in [0.29, 0.717) is 12.1 Å². The number of nitrogens with two attached hydrogens (primary N) is 1. The Morgan fingerprint density at radius 3 is 1.54 bits per heavy atom. The molecule has 2 N–H and O–H groups in total. The van der Waals surface area contributed by atoms with Crippen LogP contribution in [0.15, 0.2) is 71.4 Å². The van der Waals surface area contributed by atoms with Crippen LogP contribution in [0, 0.1) is 51.7 Å². The predicted molar refractivity (Wildman–Crippen MR) is 189 cm³/mol. The second-order valence-electron chi connectivity index (χ2n) is 11.4. The smallest absolute Gasteiger partial charge is 0.290 e. The average Bonchev–Trinajstić information content (AvgIpc) is 3.69. The third-order valence-corrected chi connectivity index (χ3v) is 9.36. The lowest BCUT2D eigenvalue weighted by molar-refractivity contribution is -0.385. The molecule has 4 aromatic heterocycles. The molecule has 234 valence electrons. The molecule has 0 bridgehead atoms. The molecule has 6 aromatic rings. The number of aryl methyl sites for hydroxylation is 6. The maximum Gasteiger partial charge on any atom is 0.290 e. The monoisotopic (exact) mass is 648 g/mol. The third-order valence-electron chi connectivity index (χ3n) is 7.66. The quantitative estimate of drug-likeness (QED) is 0.135. The Balaban J connectivity index is 0.000000182. The fourth-order valence-electron chi connectivity index (χ4n) is 4.84. The van der Waals surface area contributed by atoms with Crippen LogP contribution in [-0.4, -0.2) is 24.9 Å². The van der Waals surface area contributed by atoms with E-state index in [1.54, 1.807) is 35.7 Å². The normalized spacial score (nSPS) is 10.8. The van der Waals surface area contributed by atoms with Crippen LogP contribution in [0.2, 0.25) is 0 Å². The topological polar surface area (TPSA) is 121 Å².